The lowest BCUT2D eigenvalue weighted by Crippen LogP contribution is -2.58. The second-order valence-corrected chi connectivity index (χ2v) is 18.1. The number of alkyl halides is 1. The van der Waals surface area contributed by atoms with Crippen molar-refractivity contribution in [2.75, 3.05) is 27.4 Å². The average Bonchev–Trinajstić information content (AvgIpc) is 3.93. The second kappa shape index (κ2) is 18.7. The molecule has 6 rings (SSSR count). The summed E-state index contributed by atoms with van der Waals surface area (Å²) >= 11 is 0. The molecule has 2 aromatic carbocycles. The molecule has 2 aliphatic heterocycles. The number of carbonyl (C=O) groups is 4. The van der Waals surface area contributed by atoms with Crippen molar-refractivity contribution in [2.24, 2.45) is 11.8 Å². The fourth-order valence-corrected chi connectivity index (χ4v) is 9.29. The van der Waals surface area contributed by atoms with Gasteiger partial charge in [0.2, 0.25) is 27.7 Å². The molecule has 0 bridgehead atoms. The first kappa shape index (κ1) is 45.1. The van der Waals surface area contributed by atoms with Gasteiger partial charge in [-0.2, -0.15) is 0 Å². The Kier molecular flexibility index (Phi) is 13.8. The van der Waals surface area contributed by atoms with E-state index in [0.717, 1.165) is 23.1 Å². The molecule has 3 heterocycles. The van der Waals surface area contributed by atoms with Gasteiger partial charge in [-0.15, -0.1) is 0 Å². The van der Waals surface area contributed by atoms with E-state index in [1.807, 2.05) is 17.7 Å². The molecular formula is C42H49F4N5O9S. The Balaban J connectivity index is 1.37. The highest BCUT2D eigenvalue weighted by Gasteiger charge is 2.56. The molecule has 14 nitrogen and oxygen atoms in total. The highest BCUT2D eigenvalue weighted by Crippen LogP contribution is 2.43. The minimum absolute atomic E-state index is 0.00139. The zero-order chi connectivity index (χ0) is 44.2. The van der Waals surface area contributed by atoms with Crippen LogP contribution in [0.1, 0.15) is 75.6 Å². The number of carbonyl (C=O) groups excluding carboxylic acids is 4. The van der Waals surface area contributed by atoms with Crippen molar-refractivity contribution in [3.8, 4) is 17.4 Å². The Morgan fingerprint density at radius 2 is 1.66 bits per heavy atom. The SMILES string of the molecule is COc1cc2c(OC)cnc(OC3CC4C(=O)NC(C(=O)NS(=O)(=O)C5(CF)CC5)CCC=CCCC(C)CC(C)C(NC(=O)c5ccc(F)cc5F)C(=O)N4C3)c2cc1F. The first-order valence-electron chi connectivity index (χ1n) is 20.0. The Morgan fingerprint density at radius 3 is 2.31 bits per heavy atom. The maximum atomic E-state index is 15.1. The summed E-state index contributed by atoms with van der Waals surface area (Å²) < 4.78 is 101. The van der Waals surface area contributed by atoms with E-state index in [4.69, 9.17) is 14.2 Å². The number of pyridine rings is 1. The molecule has 0 radical (unpaired) electrons. The molecule has 3 N–H and O–H groups in total. The summed E-state index contributed by atoms with van der Waals surface area (Å²) in [6, 6.07) is 0.706. The van der Waals surface area contributed by atoms with Crippen molar-refractivity contribution in [1.29, 1.82) is 0 Å². The Morgan fingerprint density at radius 1 is 0.951 bits per heavy atom. The standard InChI is InChI=1S/C42H49F4N5O9S/c1-23-9-7-5-6-8-10-32(38(53)50-61(56,57)42(22-43)13-14-42)48-39(54)33-17-26(60-40-29-18-31(46)34(58-3)19-28(29)35(59-4)20-47-40)21-51(33)41(55)36(24(2)15-23)49-37(52)27-12-11-25(44)16-30(27)45/h5-6,11-12,16,18-20,23-24,26,32-33,36H,7-10,13-15,17,21-22H2,1-4H3,(H,48,54)(H,49,52)(H,50,53). The van der Waals surface area contributed by atoms with Crippen LogP contribution in [0.3, 0.4) is 0 Å². The molecule has 19 heteroatoms. The highest BCUT2D eigenvalue weighted by molar-refractivity contribution is 7.91. The summed E-state index contributed by atoms with van der Waals surface area (Å²) in [5.74, 6) is -7.04. The van der Waals surface area contributed by atoms with Crippen molar-refractivity contribution in [3.63, 3.8) is 0 Å². The topological polar surface area (TPSA) is 182 Å². The maximum absolute atomic E-state index is 15.1. The lowest BCUT2D eigenvalue weighted by molar-refractivity contribution is -0.141. The van der Waals surface area contributed by atoms with Gasteiger partial charge in [0.05, 0.1) is 37.9 Å². The van der Waals surface area contributed by atoms with Crippen LogP contribution in [-0.2, 0) is 24.4 Å². The molecule has 6 unspecified atom stereocenters. The van der Waals surface area contributed by atoms with Crippen LogP contribution < -0.4 is 29.6 Å². The van der Waals surface area contributed by atoms with Crippen LogP contribution in [-0.4, -0.2) is 98.3 Å². The largest absolute Gasteiger partial charge is 0.494 e. The molecule has 3 aliphatic rings. The number of allylic oxidation sites excluding steroid dienone is 2. The van der Waals surface area contributed by atoms with E-state index < -0.39 is 98.2 Å². The van der Waals surface area contributed by atoms with Gasteiger partial charge in [0.25, 0.3) is 11.8 Å². The molecule has 1 aromatic heterocycles. The van der Waals surface area contributed by atoms with Gasteiger partial charge in [-0.1, -0.05) is 26.0 Å². The molecule has 2 fully saturated rings. The van der Waals surface area contributed by atoms with Gasteiger partial charge in [0.1, 0.15) is 53.0 Å². The summed E-state index contributed by atoms with van der Waals surface area (Å²) in [6.07, 6.45) is 5.69. The summed E-state index contributed by atoms with van der Waals surface area (Å²) in [4.78, 5) is 62.0. The van der Waals surface area contributed by atoms with E-state index in [2.05, 4.69) is 15.6 Å². The highest BCUT2D eigenvalue weighted by atomic mass is 32.2. The molecule has 3 aromatic rings. The third-order valence-electron chi connectivity index (χ3n) is 11.6. The fraction of sp³-hybridized carbons (Fsp3) is 0.500. The Labute approximate surface area is 350 Å². The Hall–Kier alpha value is -5.46. The van der Waals surface area contributed by atoms with Gasteiger partial charge in [-0.3, -0.25) is 23.9 Å². The molecule has 1 saturated heterocycles. The molecule has 1 saturated carbocycles. The van der Waals surface area contributed by atoms with E-state index in [1.54, 1.807) is 13.0 Å². The van der Waals surface area contributed by atoms with Crippen LogP contribution in [0.2, 0.25) is 0 Å². The monoisotopic (exact) mass is 875 g/mol. The fourth-order valence-electron chi connectivity index (χ4n) is 7.89. The number of rotatable bonds is 10. The summed E-state index contributed by atoms with van der Waals surface area (Å²) in [5, 5.41) is 5.78. The predicted molar refractivity (Wildman–Crippen MR) is 214 cm³/mol. The minimum atomic E-state index is -4.46. The van der Waals surface area contributed by atoms with E-state index in [-0.39, 0.29) is 67.3 Å². The smallest absolute Gasteiger partial charge is 0.256 e. The van der Waals surface area contributed by atoms with Gasteiger partial charge >= 0.3 is 0 Å². The van der Waals surface area contributed by atoms with Crippen LogP contribution >= 0.6 is 0 Å². The molecular weight excluding hydrogens is 827 g/mol. The van der Waals surface area contributed by atoms with E-state index in [1.165, 1.54) is 26.5 Å². The first-order chi connectivity index (χ1) is 29.0. The lowest BCUT2D eigenvalue weighted by atomic mass is 9.87. The number of aromatic nitrogens is 1. The van der Waals surface area contributed by atoms with Crippen LogP contribution in [0.15, 0.2) is 48.7 Å². The quantitative estimate of drug-likeness (QED) is 0.184. The molecule has 330 valence electrons. The van der Waals surface area contributed by atoms with E-state index in [9.17, 15) is 40.8 Å². The molecule has 0 spiro atoms. The van der Waals surface area contributed by atoms with Crippen molar-refractivity contribution >= 4 is 44.4 Å². The van der Waals surface area contributed by atoms with Crippen LogP contribution in [0.5, 0.6) is 17.4 Å². The Bertz CT molecular complexity index is 2310. The van der Waals surface area contributed by atoms with Gasteiger partial charge in [-0.05, 0) is 81.0 Å². The normalized spacial score (nSPS) is 24.7. The lowest BCUT2D eigenvalue weighted by Gasteiger charge is -2.33. The third-order valence-corrected chi connectivity index (χ3v) is 13.7. The zero-order valence-corrected chi connectivity index (χ0v) is 35.0. The van der Waals surface area contributed by atoms with Crippen LogP contribution in [0.25, 0.3) is 10.8 Å². The van der Waals surface area contributed by atoms with Crippen LogP contribution in [0.4, 0.5) is 17.6 Å². The first-order valence-corrected chi connectivity index (χ1v) is 21.5. The average molecular weight is 876 g/mol. The molecule has 6 atom stereocenters. The molecule has 4 amide bonds. The van der Waals surface area contributed by atoms with Crippen molar-refractivity contribution in [1.82, 2.24) is 25.2 Å². The van der Waals surface area contributed by atoms with Crippen molar-refractivity contribution in [2.45, 2.75) is 94.2 Å². The number of halogens is 4. The van der Waals surface area contributed by atoms with Gasteiger partial charge in [-0.25, -0.2) is 31.0 Å². The maximum Gasteiger partial charge on any atom is 0.256 e. The van der Waals surface area contributed by atoms with E-state index >= 15 is 4.39 Å². The summed E-state index contributed by atoms with van der Waals surface area (Å²) in [6.45, 7) is 2.19. The third kappa shape index (κ3) is 9.86. The number of nitrogens with one attached hydrogen (secondary N) is 3. The van der Waals surface area contributed by atoms with Gasteiger partial charge < -0.3 is 29.7 Å². The number of nitrogens with zero attached hydrogens (tertiary/aromatic N) is 2. The predicted octanol–water partition coefficient (Wildman–Crippen LogP) is 5.04. The van der Waals surface area contributed by atoms with Crippen molar-refractivity contribution in [3.05, 3.63) is 71.7 Å². The van der Waals surface area contributed by atoms with Crippen LogP contribution in [0, 0.1) is 29.3 Å². The number of amides is 4. The number of hydrogen-bond donors (Lipinski definition) is 3. The summed E-state index contributed by atoms with van der Waals surface area (Å²) in [7, 11) is -1.77. The number of ether oxygens (including phenoxy) is 3. The number of benzene rings is 2. The van der Waals surface area contributed by atoms with E-state index in [0.29, 0.717) is 30.7 Å². The number of methoxy groups -OCH3 is 2. The second-order valence-electron chi connectivity index (χ2n) is 16.0. The molecule has 1 aliphatic carbocycles. The zero-order valence-electron chi connectivity index (χ0n) is 34.1. The minimum Gasteiger partial charge on any atom is -0.494 e. The van der Waals surface area contributed by atoms with Gasteiger partial charge in [0, 0.05) is 17.9 Å². The number of fused-ring (bicyclic) bond motifs is 2. The molecule has 61 heavy (non-hydrogen) atoms. The number of hydrogen-bond acceptors (Lipinski definition) is 10. The van der Waals surface area contributed by atoms with Gasteiger partial charge in [0.15, 0.2) is 11.6 Å². The number of sulfonamides is 1. The van der Waals surface area contributed by atoms with Crippen molar-refractivity contribution < 1.29 is 59.4 Å². The summed E-state index contributed by atoms with van der Waals surface area (Å²) in [5.41, 5.74) is -0.519.